The minimum absolute atomic E-state index is 0.198. The van der Waals surface area contributed by atoms with Crippen LogP contribution < -0.4 is 11.1 Å². The number of amides is 1. The van der Waals surface area contributed by atoms with Crippen molar-refractivity contribution >= 4 is 5.91 Å². The molecule has 0 aromatic carbocycles. The van der Waals surface area contributed by atoms with Gasteiger partial charge in [0.1, 0.15) is 6.04 Å². The van der Waals surface area contributed by atoms with Crippen molar-refractivity contribution in [3.63, 3.8) is 0 Å². The number of nitrogens with one attached hydrogen (secondary N) is 1. The fourth-order valence-electron chi connectivity index (χ4n) is 1.33. The summed E-state index contributed by atoms with van der Waals surface area (Å²) in [5.41, 5.74) is 7.06. The molecule has 0 radical (unpaired) electrons. The standard InChI is InChI=1S/C11H17N3O/c1-7(2)14-10(11(12)15)9-5-4-8(3)13-6-9/h4-7,10,14H,1-3H3,(H2,12,15). The second-order valence-electron chi connectivity index (χ2n) is 3.89. The van der Waals surface area contributed by atoms with Crippen LogP contribution >= 0.6 is 0 Å². The number of aromatic nitrogens is 1. The molecule has 15 heavy (non-hydrogen) atoms. The Balaban J connectivity index is 2.89. The van der Waals surface area contributed by atoms with Crippen molar-refractivity contribution in [3.8, 4) is 0 Å². The van der Waals surface area contributed by atoms with Gasteiger partial charge in [0.05, 0.1) is 0 Å². The highest BCUT2D eigenvalue weighted by atomic mass is 16.1. The Kier molecular flexibility index (Phi) is 3.80. The molecular weight excluding hydrogens is 190 g/mol. The van der Waals surface area contributed by atoms with Gasteiger partial charge in [-0.3, -0.25) is 15.1 Å². The van der Waals surface area contributed by atoms with E-state index in [-0.39, 0.29) is 11.9 Å². The molecule has 0 saturated heterocycles. The Morgan fingerprint density at radius 3 is 2.53 bits per heavy atom. The van der Waals surface area contributed by atoms with Gasteiger partial charge in [0.15, 0.2) is 0 Å². The molecule has 0 saturated carbocycles. The van der Waals surface area contributed by atoms with Crippen molar-refractivity contribution < 1.29 is 4.79 Å². The van der Waals surface area contributed by atoms with Gasteiger partial charge in [-0.25, -0.2) is 0 Å². The predicted molar refractivity (Wildman–Crippen MR) is 59.2 cm³/mol. The molecule has 0 bridgehead atoms. The van der Waals surface area contributed by atoms with Crippen LogP contribution in [0, 0.1) is 6.92 Å². The maximum absolute atomic E-state index is 11.3. The number of carbonyl (C=O) groups is 1. The van der Waals surface area contributed by atoms with Crippen LogP contribution in [0.1, 0.15) is 31.1 Å². The van der Waals surface area contributed by atoms with Crippen molar-refractivity contribution in [2.24, 2.45) is 5.73 Å². The number of nitrogens with two attached hydrogens (primary N) is 1. The predicted octanol–water partition coefficient (Wildman–Crippen LogP) is 0.914. The monoisotopic (exact) mass is 207 g/mol. The Morgan fingerprint density at radius 1 is 1.47 bits per heavy atom. The van der Waals surface area contributed by atoms with Crippen molar-refractivity contribution in [2.45, 2.75) is 32.9 Å². The summed E-state index contributed by atoms with van der Waals surface area (Å²) in [6, 6.07) is 3.47. The molecule has 0 spiro atoms. The zero-order chi connectivity index (χ0) is 11.4. The number of aryl methyl sites for hydroxylation is 1. The molecule has 1 rings (SSSR count). The number of primary amides is 1. The van der Waals surface area contributed by atoms with Crippen LogP contribution in [0.5, 0.6) is 0 Å². The number of nitrogens with zero attached hydrogens (tertiary/aromatic N) is 1. The summed E-state index contributed by atoms with van der Waals surface area (Å²) in [5.74, 6) is -0.380. The molecule has 0 aliphatic heterocycles. The quantitative estimate of drug-likeness (QED) is 0.771. The second kappa shape index (κ2) is 4.89. The molecule has 1 aromatic heterocycles. The highest BCUT2D eigenvalue weighted by Crippen LogP contribution is 2.12. The zero-order valence-electron chi connectivity index (χ0n) is 9.32. The molecule has 4 heteroatoms. The molecule has 1 aromatic rings. The van der Waals surface area contributed by atoms with Gasteiger partial charge in [0.25, 0.3) is 0 Å². The van der Waals surface area contributed by atoms with E-state index in [1.165, 1.54) is 0 Å². The molecule has 1 heterocycles. The van der Waals surface area contributed by atoms with Crippen molar-refractivity contribution in [1.29, 1.82) is 0 Å². The summed E-state index contributed by atoms with van der Waals surface area (Å²) in [6.07, 6.45) is 1.68. The Labute approximate surface area is 89.9 Å². The molecule has 1 atom stereocenters. The van der Waals surface area contributed by atoms with Gasteiger partial charge in [0.2, 0.25) is 5.91 Å². The summed E-state index contributed by atoms with van der Waals surface area (Å²) < 4.78 is 0. The largest absolute Gasteiger partial charge is 0.368 e. The van der Waals surface area contributed by atoms with Gasteiger partial charge in [0, 0.05) is 17.9 Å². The van der Waals surface area contributed by atoms with Gasteiger partial charge in [-0.2, -0.15) is 0 Å². The molecule has 0 aliphatic carbocycles. The van der Waals surface area contributed by atoms with E-state index in [0.29, 0.717) is 0 Å². The average molecular weight is 207 g/mol. The lowest BCUT2D eigenvalue weighted by Crippen LogP contribution is -2.37. The number of hydrogen-bond acceptors (Lipinski definition) is 3. The topological polar surface area (TPSA) is 68.0 Å². The molecular formula is C11H17N3O. The van der Waals surface area contributed by atoms with E-state index in [9.17, 15) is 4.79 Å². The van der Waals surface area contributed by atoms with E-state index in [1.807, 2.05) is 32.9 Å². The summed E-state index contributed by atoms with van der Waals surface area (Å²) >= 11 is 0. The van der Waals surface area contributed by atoms with Crippen LogP contribution in [0.15, 0.2) is 18.3 Å². The fourth-order valence-corrected chi connectivity index (χ4v) is 1.33. The Hall–Kier alpha value is -1.42. The highest BCUT2D eigenvalue weighted by molar-refractivity contribution is 5.81. The number of rotatable bonds is 4. The summed E-state index contributed by atoms with van der Waals surface area (Å²) in [4.78, 5) is 15.4. The van der Waals surface area contributed by atoms with Crippen LogP contribution in [-0.4, -0.2) is 16.9 Å². The molecule has 1 amide bonds. The average Bonchev–Trinajstić information content (AvgIpc) is 2.15. The molecule has 4 nitrogen and oxygen atoms in total. The van der Waals surface area contributed by atoms with Gasteiger partial charge in [-0.15, -0.1) is 0 Å². The zero-order valence-corrected chi connectivity index (χ0v) is 9.32. The number of hydrogen-bond donors (Lipinski definition) is 2. The van der Waals surface area contributed by atoms with Gasteiger partial charge in [-0.1, -0.05) is 6.07 Å². The SMILES string of the molecule is Cc1ccc(C(NC(C)C)C(N)=O)cn1. The van der Waals surface area contributed by atoms with E-state index in [2.05, 4.69) is 10.3 Å². The lowest BCUT2D eigenvalue weighted by Gasteiger charge is -2.18. The molecule has 0 aliphatic rings. The van der Waals surface area contributed by atoms with E-state index in [0.717, 1.165) is 11.3 Å². The van der Waals surface area contributed by atoms with Gasteiger partial charge >= 0.3 is 0 Å². The van der Waals surface area contributed by atoms with Crippen LogP contribution in [0.2, 0.25) is 0 Å². The molecule has 1 unspecified atom stereocenters. The third-order valence-corrected chi connectivity index (χ3v) is 2.05. The minimum Gasteiger partial charge on any atom is -0.368 e. The van der Waals surface area contributed by atoms with Crippen molar-refractivity contribution in [3.05, 3.63) is 29.6 Å². The first-order valence-corrected chi connectivity index (χ1v) is 4.98. The highest BCUT2D eigenvalue weighted by Gasteiger charge is 2.18. The van der Waals surface area contributed by atoms with Crippen LogP contribution in [0.3, 0.4) is 0 Å². The third-order valence-electron chi connectivity index (χ3n) is 2.05. The Morgan fingerprint density at radius 2 is 2.13 bits per heavy atom. The van der Waals surface area contributed by atoms with Gasteiger partial charge < -0.3 is 5.73 Å². The van der Waals surface area contributed by atoms with E-state index >= 15 is 0 Å². The summed E-state index contributed by atoms with van der Waals surface area (Å²) in [5, 5.41) is 3.10. The molecule has 0 fully saturated rings. The first-order valence-electron chi connectivity index (χ1n) is 4.98. The maximum atomic E-state index is 11.3. The smallest absolute Gasteiger partial charge is 0.239 e. The summed E-state index contributed by atoms with van der Waals surface area (Å²) in [6.45, 7) is 5.84. The fraction of sp³-hybridized carbons (Fsp3) is 0.455. The lowest BCUT2D eigenvalue weighted by molar-refractivity contribution is -0.120. The lowest BCUT2D eigenvalue weighted by atomic mass is 10.1. The first-order chi connectivity index (χ1) is 7.00. The van der Waals surface area contributed by atoms with Crippen LogP contribution in [0.25, 0.3) is 0 Å². The summed E-state index contributed by atoms with van der Waals surface area (Å²) in [7, 11) is 0. The van der Waals surface area contributed by atoms with Crippen LogP contribution in [-0.2, 0) is 4.79 Å². The minimum atomic E-state index is -0.460. The number of pyridine rings is 1. The maximum Gasteiger partial charge on any atom is 0.239 e. The van der Waals surface area contributed by atoms with E-state index < -0.39 is 6.04 Å². The van der Waals surface area contributed by atoms with Crippen molar-refractivity contribution in [1.82, 2.24) is 10.3 Å². The van der Waals surface area contributed by atoms with Crippen LogP contribution in [0.4, 0.5) is 0 Å². The van der Waals surface area contributed by atoms with Gasteiger partial charge in [-0.05, 0) is 32.4 Å². The second-order valence-corrected chi connectivity index (χ2v) is 3.89. The number of carbonyl (C=O) groups excluding carboxylic acids is 1. The van der Waals surface area contributed by atoms with E-state index in [4.69, 9.17) is 5.73 Å². The normalized spacial score (nSPS) is 12.8. The molecule has 82 valence electrons. The van der Waals surface area contributed by atoms with E-state index in [1.54, 1.807) is 6.20 Å². The Bertz CT molecular complexity index is 332. The first kappa shape index (κ1) is 11.7. The molecule has 3 N–H and O–H groups in total. The van der Waals surface area contributed by atoms with Crippen molar-refractivity contribution in [2.75, 3.05) is 0 Å². The third kappa shape index (κ3) is 3.32.